The van der Waals surface area contributed by atoms with Gasteiger partial charge in [-0.25, -0.2) is 0 Å². The molecule has 0 bridgehead atoms. The molecule has 54 valence electrons. The van der Waals surface area contributed by atoms with Gasteiger partial charge in [0.05, 0.1) is 0 Å². The molecule has 0 aromatic carbocycles. The fourth-order valence-corrected chi connectivity index (χ4v) is 0.471. The van der Waals surface area contributed by atoms with Crippen LogP contribution in [0.25, 0.3) is 0 Å². The molecule has 0 N–H and O–H groups in total. The van der Waals surface area contributed by atoms with E-state index in [4.69, 9.17) is 6.42 Å². The molecule has 1 nitrogen and oxygen atoms in total. The third-order valence-electron chi connectivity index (χ3n) is 1.03. The fourth-order valence-electron chi connectivity index (χ4n) is 0.471. The van der Waals surface area contributed by atoms with Gasteiger partial charge in [0.25, 0.3) is 0 Å². The number of aliphatic imine (C=N–C) groups is 1. The molecule has 0 aliphatic carbocycles. The van der Waals surface area contributed by atoms with Crippen molar-refractivity contribution >= 4 is 5.71 Å². The zero-order valence-electron chi connectivity index (χ0n) is 6.76. The maximum absolute atomic E-state index is 5.14. The van der Waals surface area contributed by atoms with E-state index in [9.17, 15) is 0 Å². The van der Waals surface area contributed by atoms with E-state index in [1.165, 1.54) is 0 Å². The molecule has 0 atom stereocenters. The summed E-state index contributed by atoms with van der Waals surface area (Å²) in [5.74, 6) is 3.00. The highest BCUT2D eigenvalue weighted by atomic mass is 14.7. The second-order valence-electron chi connectivity index (χ2n) is 2.36. The Hall–Kier alpha value is -1.03. The smallest absolute Gasteiger partial charge is 0.106 e. The van der Waals surface area contributed by atoms with Gasteiger partial charge < -0.3 is 0 Å². The van der Waals surface area contributed by atoms with E-state index in [0.717, 1.165) is 0 Å². The van der Waals surface area contributed by atoms with Crippen molar-refractivity contribution in [3.8, 4) is 12.3 Å². The van der Waals surface area contributed by atoms with Crippen LogP contribution >= 0.6 is 0 Å². The van der Waals surface area contributed by atoms with Crippen LogP contribution in [0.5, 0.6) is 0 Å². The summed E-state index contributed by atoms with van der Waals surface area (Å²) in [6.45, 7) is 4.20. The molecule has 0 radical (unpaired) electrons. The van der Waals surface area contributed by atoms with E-state index in [1.807, 2.05) is 12.2 Å². The Kier molecular flexibility index (Phi) is 4.32. The van der Waals surface area contributed by atoms with Gasteiger partial charge in [0.2, 0.25) is 0 Å². The SMILES string of the molecule is C#CC(C=CC(C)C)=NC. The lowest BCUT2D eigenvalue weighted by atomic mass is 10.2. The quantitative estimate of drug-likeness (QED) is 0.405. The Morgan fingerprint density at radius 2 is 2.20 bits per heavy atom. The van der Waals surface area contributed by atoms with Crippen LogP contribution in [-0.4, -0.2) is 12.8 Å². The first-order valence-electron chi connectivity index (χ1n) is 3.32. The first-order valence-corrected chi connectivity index (χ1v) is 3.32. The van der Waals surface area contributed by atoms with Crippen molar-refractivity contribution < 1.29 is 0 Å². The molecule has 10 heavy (non-hydrogen) atoms. The number of nitrogens with zero attached hydrogens (tertiary/aromatic N) is 1. The van der Waals surface area contributed by atoms with E-state index in [-0.39, 0.29) is 0 Å². The number of terminal acetylenes is 1. The number of allylic oxidation sites excluding steroid dienone is 2. The van der Waals surface area contributed by atoms with Gasteiger partial charge >= 0.3 is 0 Å². The molecule has 0 aromatic heterocycles. The number of hydrogen-bond acceptors (Lipinski definition) is 1. The fraction of sp³-hybridized carbons (Fsp3) is 0.444. The van der Waals surface area contributed by atoms with E-state index in [1.54, 1.807) is 7.05 Å². The average molecular weight is 135 g/mol. The average Bonchev–Trinajstić information content (AvgIpc) is 1.90. The second-order valence-corrected chi connectivity index (χ2v) is 2.36. The number of rotatable bonds is 2. The third kappa shape index (κ3) is 3.91. The molecule has 0 rings (SSSR count). The molecule has 0 spiro atoms. The largest absolute Gasteiger partial charge is 0.280 e. The van der Waals surface area contributed by atoms with Crippen LogP contribution in [0.4, 0.5) is 0 Å². The predicted octanol–water partition coefficient (Wildman–Crippen LogP) is 1.90. The Labute approximate surface area is 62.9 Å². The first-order chi connectivity index (χ1) is 4.70. The lowest BCUT2D eigenvalue weighted by Crippen LogP contribution is -1.88. The Morgan fingerprint density at radius 1 is 1.60 bits per heavy atom. The normalized spacial score (nSPS) is 12.5. The van der Waals surface area contributed by atoms with Crippen molar-refractivity contribution in [1.82, 2.24) is 0 Å². The van der Waals surface area contributed by atoms with Crippen LogP contribution in [-0.2, 0) is 0 Å². The maximum atomic E-state index is 5.14. The third-order valence-corrected chi connectivity index (χ3v) is 1.03. The van der Waals surface area contributed by atoms with Crippen molar-refractivity contribution in [3.05, 3.63) is 12.2 Å². The van der Waals surface area contributed by atoms with Crippen LogP contribution in [0.2, 0.25) is 0 Å². The van der Waals surface area contributed by atoms with E-state index in [0.29, 0.717) is 11.6 Å². The van der Waals surface area contributed by atoms with Gasteiger partial charge in [0.1, 0.15) is 5.71 Å². The standard InChI is InChI=1S/C9H13N/c1-5-9(10-4)7-6-8(2)3/h1,6-8H,2-4H3. The summed E-state index contributed by atoms with van der Waals surface area (Å²) in [5, 5.41) is 0. The molecule has 0 aromatic rings. The van der Waals surface area contributed by atoms with Crippen molar-refractivity contribution in [2.24, 2.45) is 10.9 Å². The Bertz CT molecular complexity index is 179. The predicted molar refractivity (Wildman–Crippen MR) is 46.2 cm³/mol. The summed E-state index contributed by atoms with van der Waals surface area (Å²) in [4.78, 5) is 3.87. The maximum Gasteiger partial charge on any atom is 0.106 e. The van der Waals surface area contributed by atoms with Crippen LogP contribution < -0.4 is 0 Å². The van der Waals surface area contributed by atoms with Crippen molar-refractivity contribution in [1.29, 1.82) is 0 Å². The summed E-state index contributed by atoms with van der Waals surface area (Å²) < 4.78 is 0. The minimum atomic E-state index is 0.532. The van der Waals surface area contributed by atoms with E-state index >= 15 is 0 Å². The Morgan fingerprint density at radius 3 is 2.50 bits per heavy atom. The highest BCUT2D eigenvalue weighted by molar-refractivity contribution is 6.08. The van der Waals surface area contributed by atoms with Gasteiger partial charge in [-0.1, -0.05) is 25.8 Å². The lowest BCUT2D eigenvalue weighted by Gasteiger charge is -1.91. The van der Waals surface area contributed by atoms with Crippen molar-refractivity contribution in [2.45, 2.75) is 13.8 Å². The molecule has 0 fully saturated rings. The molecule has 0 saturated carbocycles. The summed E-state index contributed by atoms with van der Waals surface area (Å²) in [5.41, 5.74) is 0.703. The molecule has 0 aliphatic rings. The highest BCUT2D eigenvalue weighted by Gasteiger charge is 1.85. The summed E-state index contributed by atoms with van der Waals surface area (Å²) >= 11 is 0. The minimum absolute atomic E-state index is 0.532. The summed E-state index contributed by atoms with van der Waals surface area (Å²) in [7, 11) is 1.69. The lowest BCUT2D eigenvalue weighted by molar-refractivity contribution is 0.833. The summed E-state index contributed by atoms with van der Waals surface area (Å²) in [6, 6.07) is 0. The van der Waals surface area contributed by atoms with E-state index in [2.05, 4.69) is 24.8 Å². The van der Waals surface area contributed by atoms with Crippen LogP contribution in [0.15, 0.2) is 17.1 Å². The molecular weight excluding hydrogens is 122 g/mol. The molecular formula is C9H13N. The Balaban J connectivity index is 4.02. The second kappa shape index (κ2) is 4.81. The van der Waals surface area contributed by atoms with Gasteiger partial charge in [-0.15, -0.1) is 6.42 Å². The highest BCUT2D eigenvalue weighted by Crippen LogP contribution is 1.93. The van der Waals surface area contributed by atoms with Crippen LogP contribution in [0.3, 0.4) is 0 Å². The topological polar surface area (TPSA) is 12.4 Å². The molecule has 0 amide bonds. The molecule has 1 heteroatoms. The molecule has 0 saturated heterocycles. The zero-order chi connectivity index (χ0) is 7.98. The molecule has 0 unspecified atom stereocenters. The van der Waals surface area contributed by atoms with Gasteiger partial charge in [0.15, 0.2) is 0 Å². The molecule has 0 aliphatic heterocycles. The zero-order valence-corrected chi connectivity index (χ0v) is 6.76. The minimum Gasteiger partial charge on any atom is -0.280 e. The van der Waals surface area contributed by atoms with Gasteiger partial charge in [-0.05, 0) is 12.0 Å². The first kappa shape index (κ1) is 8.97. The van der Waals surface area contributed by atoms with E-state index < -0.39 is 0 Å². The van der Waals surface area contributed by atoms with Gasteiger partial charge in [0, 0.05) is 7.05 Å². The van der Waals surface area contributed by atoms with Gasteiger partial charge in [-0.2, -0.15) is 0 Å². The summed E-state index contributed by atoms with van der Waals surface area (Å²) in [6.07, 6.45) is 9.03. The van der Waals surface area contributed by atoms with Crippen LogP contribution in [0.1, 0.15) is 13.8 Å². The molecule has 0 heterocycles. The number of hydrogen-bond donors (Lipinski definition) is 0. The van der Waals surface area contributed by atoms with Crippen molar-refractivity contribution in [2.75, 3.05) is 7.05 Å². The van der Waals surface area contributed by atoms with Gasteiger partial charge in [-0.3, -0.25) is 4.99 Å². The monoisotopic (exact) mass is 135 g/mol. The van der Waals surface area contributed by atoms with Crippen LogP contribution in [0, 0.1) is 18.3 Å². The van der Waals surface area contributed by atoms with Crippen molar-refractivity contribution in [3.63, 3.8) is 0 Å².